The highest BCUT2D eigenvalue weighted by molar-refractivity contribution is 5.85. The van der Waals surface area contributed by atoms with Crippen LogP contribution in [-0.2, 0) is 9.47 Å². The van der Waals surface area contributed by atoms with E-state index < -0.39 is 0 Å². The molecule has 4 atom stereocenters. The Labute approximate surface area is 252 Å². The highest BCUT2D eigenvalue weighted by atomic mass is 35.5. The van der Waals surface area contributed by atoms with Crippen LogP contribution in [0.15, 0.2) is 25.3 Å². The number of likely N-dealkylation sites (tertiary alicyclic amines) is 2. The van der Waals surface area contributed by atoms with E-state index in [1.807, 2.05) is 12.2 Å². The van der Waals surface area contributed by atoms with E-state index in [4.69, 9.17) is 15.2 Å². The molecule has 0 amide bonds. The van der Waals surface area contributed by atoms with Crippen LogP contribution in [0.1, 0.15) is 77.0 Å². The predicted octanol–water partition coefficient (Wildman–Crippen LogP) is 5.45. The second kappa shape index (κ2) is 21.5. The van der Waals surface area contributed by atoms with E-state index in [-0.39, 0.29) is 24.8 Å². The van der Waals surface area contributed by atoms with Gasteiger partial charge in [0.25, 0.3) is 0 Å². The summed E-state index contributed by atoms with van der Waals surface area (Å²) < 4.78 is 11.5. The summed E-state index contributed by atoms with van der Waals surface area (Å²) >= 11 is 0. The van der Waals surface area contributed by atoms with Gasteiger partial charge in [-0.2, -0.15) is 0 Å². The van der Waals surface area contributed by atoms with E-state index in [2.05, 4.69) is 35.3 Å². The first-order valence-electron chi connectivity index (χ1n) is 15.5. The quantitative estimate of drug-likeness (QED) is 0.312. The minimum Gasteiger partial charge on any atom is -0.374 e. The molecule has 8 heteroatoms. The van der Waals surface area contributed by atoms with Crippen LogP contribution < -0.4 is 11.1 Å². The van der Waals surface area contributed by atoms with Gasteiger partial charge in [0.15, 0.2) is 0 Å². The molecule has 0 bridgehead atoms. The Morgan fingerprint density at radius 1 is 0.692 bits per heavy atom. The second-order valence-corrected chi connectivity index (χ2v) is 11.9. The average Bonchev–Trinajstić information content (AvgIpc) is 2.94. The molecule has 4 rings (SSSR count). The normalized spacial score (nSPS) is 29.3. The number of halogens is 2. The smallest absolute Gasteiger partial charge is 0.0648 e. The zero-order valence-electron chi connectivity index (χ0n) is 24.8. The van der Waals surface area contributed by atoms with E-state index in [0.717, 1.165) is 30.7 Å². The number of nitrogens with two attached hydrogens (primary N) is 1. The molecule has 2 saturated heterocycles. The molecule has 0 unspecified atom stereocenters. The number of hydrogen-bond acceptors (Lipinski definition) is 6. The lowest BCUT2D eigenvalue weighted by Gasteiger charge is -2.38. The van der Waals surface area contributed by atoms with Crippen LogP contribution in [0, 0.1) is 11.8 Å². The van der Waals surface area contributed by atoms with Crippen molar-refractivity contribution in [2.45, 2.75) is 101 Å². The molecule has 3 N–H and O–H groups in total. The standard InChI is InChI=1S/C16H30N2O.C15H28N2O.2ClH/c1-3-12-19-15-8-10-18(11-9-15)13-14-6-4-5-7-16(14)17-2;1-2-11-18-14-7-9-17(10-8-14)12-13-5-3-4-6-15(13)16;;/h3,14-17H,1,4-13H2,2H3;2,13-15H,1,3-12,16H2;2*1H/t14-,16+;13-,15+;;/m00../s1. The van der Waals surface area contributed by atoms with Crippen molar-refractivity contribution in [2.24, 2.45) is 17.6 Å². The van der Waals surface area contributed by atoms with Gasteiger partial charge in [0.1, 0.15) is 0 Å². The van der Waals surface area contributed by atoms with Gasteiger partial charge in [0.05, 0.1) is 25.4 Å². The van der Waals surface area contributed by atoms with Gasteiger partial charge < -0.3 is 30.3 Å². The Balaban J connectivity index is 0.000000371. The molecule has 4 fully saturated rings. The van der Waals surface area contributed by atoms with E-state index in [1.165, 1.54) is 103 Å². The van der Waals surface area contributed by atoms with Crippen molar-refractivity contribution in [3.8, 4) is 0 Å². The summed E-state index contributed by atoms with van der Waals surface area (Å²) in [4.78, 5) is 5.23. The van der Waals surface area contributed by atoms with Gasteiger partial charge in [-0.1, -0.05) is 37.8 Å². The van der Waals surface area contributed by atoms with Crippen molar-refractivity contribution < 1.29 is 9.47 Å². The third-order valence-electron chi connectivity index (χ3n) is 9.20. The van der Waals surface area contributed by atoms with Gasteiger partial charge >= 0.3 is 0 Å². The largest absolute Gasteiger partial charge is 0.374 e. The minimum atomic E-state index is 0. The highest BCUT2D eigenvalue weighted by Gasteiger charge is 2.28. The summed E-state index contributed by atoms with van der Waals surface area (Å²) in [5, 5.41) is 3.52. The van der Waals surface area contributed by atoms with Gasteiger partial charge in [-0.25, -0.2) is 0 Å². The second-order valence-electron chi connectivity index (χ2n) is 11.9. The van der Waals surface area contributed by atoms with Crippen LogP contribution in [-0.4, -0.2) is 93.6 Å². The maximum atomic E-state index is 6.23. The Bertz CT molecular complexity index is 628. The van der Waals surface area contributed by atoms with Crippen LogP contribution in [0.4, 0.5) is 0 Å². The van der Waals surface area contributed by atoms with Crippen molar-refractivity contribution in [1.82, 2.24) is 15.1 Å². The number of rotatable bonds is 11. The van der Waals surface area contributed by atoms with E-state index in [0.29, 0.717) is 31.5 Å². The third-order valence-corrected chi connectivity index (χ3v) is 9.20. The van der Waals surface area contributed by atoms with Gasteiger partial charge in [-0.3, -0.25) is 0 Å². The van der Waals surface area contributed by atoms with Crippen LogP contribution in [0.2, 0.25) is 0 Å². The van der Waals surface area contributed by atoms with Crippen molar-refractivity contribution >= 4 is 24.8 Å². The summed E-state index contributed by atoms with van der Waals surface area (Å²) in [6.07, 6.45) is 20.1. The fourth-order valence-electron chi connectivity index (χ4n) is 6.86. The van der Waals surface area contributed by atoms with Crippen molar-refractivity contribution in [1.29, 1.82) is 0 Å². The number of piperidine rings is 2. The molecule has 0 aromatic heterocycles. The van der Waals surface area contributed by atoms with E-state index in [1.54, 1.807) is 0 Å². The van der Waals surface area contributed by atoms with Gasteiger partial charge in [-0.05, 0) is 70.3 Å². The molecule has 2 aliphatic carbocycles. The number of hydrogen-bond donors (Lipinski definition) is 2. The Kier molecular flexibility index (Phi) is 20.3. The third kappa shape index (κ3) is 13.6. The van der Waals surface area contributed by atoms with Gasteiger partial charge in [0, 0.05) is 51.4 Å². The molecule has 2 aliphatic heterocycles. The molecule has 39 heavy (non-hydrogen) atoms. The lowest BCUT2D eigenvalue weighted by atomic mass is 9.84. The van der Waals surface area contributed by atoms with E-state index >= 15 is 0 Å². The average molecular weight is 592 g/mol. The molecule has 4 aliphatic rings. The molecule has 0 radical (unpaired) electrons. The predicted molar refractivity (Wildman–Crippen MR) is 170 cm³/mol. The zero-order chi connectivity index (χ0) is 26.3. The fourth-order valence-corrected chi connectivity index (χ4v) is 6.86. The maximum Gasteiger partial charge on any atom is 0.0648 e. The van der Waals surface area contributed by atoms with Crippen LogP contribution in [0.25, 0.3) is 0 Å². The Hall–Kier alpha value is -0.180. The highest BCUT2D eigenvalue weighted by Crippen LogP contribution is 2.27. The number of nitrogens with zero attached hydrogens (tertiary/aromatic N) is 2. The topological polar surface area (TPSA) is 63.0 Å². The summed E-state index contributed by atoms with van der Waals surface area (Å²) in [6.45, 7) is 16.0. The first kappa shape index (κ1) is 36.8. The van der Waals surface area contributed by atoms with Gasteiger partial charge in [-0.15, -0.1) is 38.0 Å². The molecule has 6 nitrogen and oxygen atoms in total. The zero-order valence-corrected chi connectivity index (χ0v) is 26.4. The Morgan fingerprint density at radius 3 is 1.59 bits per heavy atom. The summed E-state index contributed by atoms with van der Waals surface area (Å²) in [6, 6.07) is 1.18. The molecule has 0 spiro atoms. The summed E-state index contributed by atoms with van der Waals surface area (Å²) in [7, 11) is 2.12. The maximum absolute atomic E-state index is 6.23. The van der Waals surface area contributed by atoms with E-state index in [9.17, 15) is 0 Å². The van der Waals surface area contributed by atoms with Crippen LogP contribution in [0.3, 0.4) is 0 Å². The first-order chi connectivity index (χ1) is 18.1. The van der Waals surface area contributed by atoms with Crippen LogP contribution in [0.5, 0.6) is 0 Å². The molecule has 0 aromatic rings. The summed E-state index contributed by atoms with van der Waals surface area (Å²) in [5.41, 5.74) is 6.23. The lowest BCUT2D eigenvalue weighted by molar-refractivity contribution is 0.0156. The molecule has 230 valence electrons. The molecule has 2 heterocycles. The Morgan fingerprint density at radius 2 is 1.13 bits per heavy atom. The molecule has 2 saturated carbocycles. The lowest BCUT2D eigenvalue weighted by Crippen LogP contribution is -2.46. The molecule has 0 aromatic carbocycles. The number of ether oxygens (including phenoxy) is 2. The number of nitrogens with one attached hydrogen (secondary N) is 1. The minimum absolute atomic E-state index is 0. The molecular weight excluding hydrogens is 531 g/mol. The first-order valence-corrected chi connectivity index (χ1v) is 15.5. The van der Waals surface area contributed by atoms with Crippen molar-refractivity contribution in [2.75, 3.05) is 59.5 Å². The SMILES string of the molecule is C=CCOC1CCN(C[C@@H]2CCCC[C@H]2N)CC1.C=CCOC1CCN(C[C@@H]2CCCC[C@H]2NC)CC1.Cl.Cl. The monoisotopic (exact) mass is 590 g/mol. The van der Waals surface area contributed by atoms with Gasteiger partial charge in [0.2, 0.25) is 0 Å². The van der Waals surface area contributed by atoms with Crippen molar-refractivity contribution in [3.63, 3.8) is 0 Å². The summed E-state index contributed by atoms with van der Waals surface area (Å²) in [5.74, 6) is 1.58. The van der Waals surface area contributed by atoms with Crippen molar-refractivity contribution in [3.05, 3.63) is 25.3 Å². The fraction of sp³-hybridized carbons (Fsp3) is 0.871. The van der Waals surface area contributed by atoms with Crippen LogP contribution >= 0.6 is 24.8 Å². The molecular formula is C31H60Cl2N4O2.